The highest BCUT2D eigenvalue weighted by molar-refractivity contribution is 5.93. The first-order valence-corrected chi connectivity index (χ1v) is 7.87. The monoisotopic (exact) mass is 346 g/mol. The molecule has 0 unspecified atom stereocenters. The molecule has 0 bridgehead atoms. The molecule has 8 heteroatoms. The number of hydrogen-bond acceptors (Lipinski definition) is 6. The molecule has 0 saturated carbocycles. The average molecular weight is 346 g/mol. The van der Waals surface area contributed by atoms with Crippen molar-refractivity contribution in [2.75, 3.05) is 0 Å². The number of nitrogens with two attached hydrogens (primary N) is 1. The normalized spacial score (nSPS) is 10.8. The lowest BCUT2D eigenvalue weighted by Crippen LogP contribution is -2.10. The van der Waals surface area contributed by atoms with Gasteiger partial charge in [-0.15, -0.1) is 10.2 Å². The number of amides is 1. The molecule has 0 aliphatic heterocycles. The van der Waals surface area contributed by atoms with Crippen LogP contribution in [-0.4, -0.2) is 31.1 Å². The van der Waals surface area contributed by atoms with Gasteiger partial charge >= 0.3 is 0 Å². The van der Waals surface area contributed by atoms with Gasteiger partial charge < -0.3 is 10.2 Å². The zero-order valence-corrected chi connectivity index (χ0v) is 13.6. The summed E-state index contributed by atoms with van der Waals surface area (Å²) < 4.78 is 5.74. The summed E-state index contributed by atoms with van der Waals surface area (Å²) in [6.07, 6.45) is 1.67. The molecule has 2 heterocycles. The molecule has 0 radical (unpaired) electrons. The summed E-state index contributed by atoms with van der Waals surface area (Å²) in [5.41, 5.74) is 7.34. The predicted molar refractivity (Wildman–Crippen MR) is 92.8 cm³/mol. The van der Waals surface area contributed by atoms with Gasteiger partial charge in [0.15, 0.2) is 5.76 Å². The average Bonchev–Trinajstić information content (AvgIpc) is 3.33. The molecule has 0 spiro atoms. The summed E-state index contributed by atoms with van der Waals surface area (Å²) in [6.45, 7) is 0.263. The van der Waals surface area contributed by atoms with Crippen molar-refractivity contribution in [1.82, 2.24) is 25.2 Å². The van der Waals surface area contributed by atoms with Crippen LogP contribution in [0.1, 0.15) is 16.2 Å². The van der Waals surface area contributed by atoms with Crippen LogP contribution < -0.4 is 5.73 Å². The Morgan fingerprint density at radius 1 is 1.04 bits per heavy atom. The topological polar surface area (TPSA) is 113 Å². The van der Waals surface area contributed by atoms with E-state index in [2.05, 4.69) is 20.4 Å². The van der Waals surface area contributed by atoms with Crippen LogP contribution in [0.2, 0.25) is 0 Å². The largest absolute Gasteiger partial charge is 0.439 e. The van der Waals surface area contributed by atoms with E-state index in [-0.39, 0.29) is 6.54 Å². The van der Waals surface area contributed by atoms with E-state index in [0.717, 1.165) is 11.1 Å². The molecule has 8 nitrogen and oxygen atoms in total. The van der Waals surface area contributed by atoms with Crippen molar-refractivity contribution >= 4 is 5.91 Å². The summed E-state index contributed by atoms with van der Waals surface area (Å²) in [5.74, 6) is 1.13. The van der Waals surface area contributed by atoms with Crippen molar-refractivity contribution in [2.45, 2.75) is 6.54 Å². The molecular weight excluding hydrogens is 332 g/mol. The zero-order valence-electron chi connectivity index (χ0n) is 13.6. The fourth-order valence-electron chi connectivity index (χ4n) is 2.45. The SMILES string of the molecule is NC(=O)c1ccc(-c2nnn(Cc3ncc(-c4ccccc4)o3)n2)cc1. The third-order valence-corrected chi connectivity index (χ3v) is 3.77. The third kappa shape index (κ3) is 3.20. The highest BCUT2D eigenvalue weighted by Gasteiger charge is 2.11. The number of rotatable bonds is 5. The summed E-state index contributed by atoms with van der Waals surface area (Å²) in [7, 11) is 0. The van der Waals surface area contributed by atoms with Gasteiger partial charge in [0, 0.05) is 16.7 Å². The number of carbonyl (C=O) groups is 1. The van der Waals surface area contributed by atoms with Crippen molar-refractivity contribution in [2.24, 2.45) is 5.73 Å². The van der Waals surface area contributed by atoms with Gasteiger partial charge in [-0.25, -0.2) is 4.98 Å². The zero-order chi connectivity index (χ0) is 17.9. The molecule has 0 aliphatic rings. The summed E-state index contributed by atoms with van der Waals surface area (Å²) >= 11 is 0. The van der Waals surface area contributed by atoms with E-state index < -0.39 is 5.91 Å². The Balaban J connectivity index is 1.50. The number of primary amides is 1. The van der Waals surface area contributed by atoms with Gasteiger partial charge in [-0.3, -0.25) is 4.79 Å². The molecule has 4 aromatic rings. The standard InChI is InChI=1S/C18H14N6O2/c19-17(25)13-6-8-14(9-7-13)18-21-23-24(22-18)11-16-20-10-15(26-16)12-4-2-1-3-5-12/h1-10H,11H2,(H2,19,25). The smallest absolute Gasteiger partial charge is 0.248 e. The second kappa shape index (κ2) is 6.60. The minimum absolute atomic E-state index is 0.263. The summed E-state index contributed by atoms with van der Waals surface area (Å²) in [4.78, 5) is 16.8. The van der Waals surface area contributed by atoms with E-state index in [1.54, 1.807) is 30.5 Å². The first kappa shape index (κ1) is 15.7. The van der Waals surface area contributed by atoms with Crippen LogP contribution in [0.4, 0.5) is 0 Å². The van der Waals surface area contributed by atoms with Crippen LogP contribution >= 0.6 is 0 Å². The van der Waals surface area contributed by atoms with E-state index in [1.807, 2.05) is 30.3 Å². The van der Waals surface area contributed by atoms with Crippen molar-refractivity contribution in [3.63, 3.8) is 0 Å². The van der Waals surface area contributed by atoms with Gasteiger partial charge in [0.1, 0.15) is 6.54 Å². The van der Waals surface area contributed by atoms with Gasteiger partial charge in [0.05, 0.1) is 6.20 Å². The Bertz CT molecular complexity index is 1040. The summed E-state index contributed by atoms with van der Waals surface area (Å²) in [6, 6.07) is 16.4. The number of carbonyl (C=O) groups excluding carboxylic acids is 1. The minimum Gasteiger partial charge on any atom is -0.439 e. The lowest BCUT2D eigenvalue weighted by atomic mass is 10.1. The number of oxazole rings is 1. The number of aromatic nitrogens is 5. The highest BCUT2D eigenvalue weighted by Crippen LogP contribution is 2.20. The van der Waals surface area contributed by atoms with Crippen LogP contribution in [0.3, 0.4) is 0 Å². The fourth-order valence-corrected chi connectivity index (χ4v) is 2.45. The molecule has 2 aromatic heterocycles. The van der Waals surface area contributed by atoms with Crippen LogP contribution in [0.5, 0.6) is 0 Å². The Kier molecular flexibility index (Phi) is 3.98. The number of tetrazole rings is 1. The van der Waals surface area contributed by atoms with Crippen molar-refractivity contribution in [3.8, 4) is 22.7 Å². The number of benzene rings is 2. The fraction of sp³-hybridized carbons (Fsp3) is 0.0556. The summed E-state index contributed by atoms with van der Waals surface area (Å²) in [5, 5.41) is 12.3. The Labute approximate surface area is 148 Å². The Hall–Kier alpha value is -3.81. The molecule has 2 aromatic carbocycles. The molecule has 0 aliphatic carbocycles. The van der Waals surface area contributed by atoms with Crippen LogP contribution in [0.25, 0.3) is 22.7 Å². The molecule has 26 heavy (non-hydrogen) atoms. The van der Waals surface area contributed by atoms with Crippen LogP contribution in [-0.2, 0) is 6.54 Å². The minimum atomic E-state index is -0.480. The molecular formula is C18H14N6O2. The predicted octanol–water partition coefficient (Wildman–Crippen LogP) is 2.14. The number of nitrogens with zero attached hydrogens (tertiary/aromatic N) is 5. The van der Waals surface area contributed by atoms with E-state index >= 15 is 0 Å². The van der Waals surface area contributed by atoms with E-state index in [1.165, 1.54) is 4.80 Å². The third-order valence-electron chi connectivity index (χ3n) is 3.77. The molecule has 0 atom stereocenters. The molecule has 0 saturated heterocycles. The maximum absolute atomic E-state index is 11.1. The quantitative estimate of drug-likeness (QED) is 0.592. The Morgan fingerprint density at radius 2 is 1.81 bits per heavy atom. The Morgan fingerprint density at radius 3 is 2.54 bits per heavy atom. The van der Waals surface area contributed by atoms with Crippen molar-refractivity contribution in [1.29, 1.82) is 0 Å². The second-order valence-corrected chi connectivity index (χ2v) is 5.57. The van der Waals surface area contributed by atoms with Gasteiger partial charge in [-0.1, -0.05) is 42.5 Å². The first-order chi connectivity index (χ1) is 12.7. The molecule has 0 fully saturated rings. The first-order valence-electron chi connectivity index (χ1n) is 7.87. The maximum Gasteiger partial charge on any atom is 0.248 e. The highest BCUT2D eigenvalue weighted by atomic mass is 16.4. The van der Waals surface area contributed by atoms with E-state index in [9.17, 15) is 4.79 Å². The second-order valence-electron chi connectivity index (χ2n) is 5.57. The van der Waals surface area contributed by atoms with Gasteiger partial charge in [0.25, 0.3) is 0 Å². The van der Waals surface area contributed by atoms with E-state index in [0.29, 0.717) is 23.0 Å². The molecule has 1 amide bonds. The maximum atomic E-state index is 11.1. The lowest BCUT2D eigenvalue weighted by molar-refractivity contribution is 0.100. The molecule has 128 valence electrons. The lowest BCUT2D eigenvalue weighted by Gasteiger charge is -1.97. The van der Waals surface area contributed by atoms with Crippen LogP contribution in [0, 0.1) is 0 Å². The number of hydrogen-bond donors (Lipinski definition) is 1. The molecule has 4 rings (SSSR count). The van der Waals surface area contributed by atoms with Gasteiger partial charge in [0.2, 0.25) is 17.6 Å². The van der Waals surface area contributed by atoms with Crippen molar-refractivity contribution in [3.05, 3.63) is 72.2 Å². The van der Waals surface area contributed by atoms with Gasteiger partial charge in [-0.05, 0) is 17.3 Å². The van der Waals surface area contributed by atoms with Crippen LogP contribution in [0.15, 0.2) is 65.2 Å². The molecule has 2 N–H and O–H groups in total. The van der Waals surface area contributed by atoms with Crippen molar-refractivity contribution < 1.29 is 9.21 Å². The van der Waals surface area contributed by atoms with Gasteiger partial charge in [-0.2, -0.15) is 4.80 Å². The van der Waals surface area contributed by atoms with E-state index in [4.69, 9.17) is 10.2 Å².